The van der Waals surface area contributed by atoms with Crippen molar-refractivity contribution >= 4 is 29.4 Å². The van der Waals surface area contributed by atoms with Gasteiger partial charge in [-0.1, -0.05) is 6.07 Å². The van der Waals surface area contributed by atoms with E-state index in [-0.39, 0.29) is 34.7 Å². The van der Waals surface area contributed by atoms with Gasteiger partial charge in [0.15, 0.2) is 11.6 Å². The molecule has 0 bridgehead atoms. The molecule has 0 aliphatic carbocycles. The molecule has 8 heteroatoms. The highest BCUT2D eigenvalue weighted by atomic mass is 19.2. The summed E-state index contributed by atoms with van der Waals surface area (Å²) < 4.78 is 26.8. The van der Waals surface area contributed by atoms with E-state index in [1.807, 2.05) is 0 Å². The lowest BCUT2D eigenvalue weighted by Gasteiger charge is -2.27. The summed E-state index contributed by atoms with van der Waals surface area (Å²) in [7, 11) is 1.50. The number of rotatable bonds is 4. The zero-order chi connectivity index (χ0) is 22.8. The van der Waals surface area contributed by atoms with Gasteiger partial charge in [-0.25, -0.2) is 8.78 Å². The third kappa shape index (κ3) is 4.02. The molecule has 2 heterocycles. The summed E-state index contributed by atoms with van der Waals surface area (Å²) in [6.07, 6.45) is 4.45. The quantitative estimate of drug-likeness (QED) is 0.504. The fourth-order valence-electron chi connectivity index (χ4n) is 3.37. The number of ketones is 1. The van der Waals surface area contributed by atoms with E-state index in [1.54, 1.807) is 24.5 Å². The molecule has 0 fully saturated rings. The summed E-state index contributed by atoms with van der Waals surface area (Å²) in [6, 6.07) is 11.1. The van der Waals surface area contributed by atoms with E-state index < -0.39 is 23.3 Å². The zero-order valence-electron chi connectivity index (χ0n) is 16.9. The van der Waals surface area contributed by atoms with E-state index in [4.69, 9.17) is 0 Å². The van der Waals surface area contributed by atoms with Crippen LogP contribution in [-0.2, 0) is 11.3 Å². The maximum atomic E-state index is 13.5. The first kappa shape index (κ1) is 21.0. The maximum Gasteiger partial charge on any atom is 0.262 e. The van der Waals surface area contributed by atoms with E-state index >= 15 is 0 Å². The highest BCUT2D eigenvalue weighted by molar-refractivity contribution is 6.36. The Morgan fingerprint density at radius 2 is 1.78 bits per heavy atom. The average molecular weight is 433 g/mol. The van der Waals surface area contributed by atoms with Crippen LogP contribution in [0.1, 0.15) is 31.8 Å². The van der Waals surface area contributed by atoms with Crippen molar-refractivity contribution in [3.8, 4) is 0 Å². The molecule has 4 rings (SSSR count). The predicted molar refractivity (Wildman–Crippen MR) is 114 cm³/mol. The number of nitrogens with one attached hydrogen (secondary N) is 1. The lowest BCUT2D eigenvalue weighted by molar-refractivity contribution is -0.114. The molecular weight excluding hydrogens is 416 g/mol. The first-order valence-electron chi connectivity index (χ1n) is 9.66. The molecule has 6 nitrogen and oxygen atoms in total. The number of carbonyl (C=O) groups is 3. The number of amides is 2. The van der Waals surface area contributed by atoms with Crippen molar-refractivity contribution in [2.75, 3.05) is 11.9 Å². The number of aromatic nitrogens is 1. The normalized spacial score (nSPS) is 14.5. The Kier molecular flexibility index (Phi) is 5.59. The topological polar surface area (TPSA) is 79.4 Å². The monoisotopic (exact) mass is 433 g/mol. The zero-order valence-corrected chi connectivity index (χ0v) is 16.9. The molecule has 0 saturated carbocycles. The first-order chi connectivity index (χ1) is 15.3. The van der Waals surface area contributed by atoms with Crippen LogP contribution in [0.3, 0.4) is 0 Å². The smallest absolute Gasteiger partial charge is 0.262 e. The second kappa shape index (κ2) is 8.50. The third-order valence-corrected chi connectivity index (χ3v) is 5.10. The summed E-state index contributed by atoms with van der Waals surface area (Å²) in [6.45, 7) is 0.284. The van der Waals surface area contributed by atoms with Gasteiger partial charge in [-0.3, -0.25) is 19.4 Å². The van der Waals surface area contributed by atoms with Crippen molar-refractivity contribution in [3.63, 3.8) is 0 Å². The second-order valence-corrected chi connectivity index (χ2v) is 7.19. The van der Waals surface area contributed by atoms with Crippen LogP contribution in [0, 0.1) is 11.6 Å². The van der Waals surface area contributed by atoms with Crippen LogP contribution in [0.5, 0.6) is 0 Å². The van der Waals surface area contributed by atoms with Crippen LogP contribution in [0.2, 0.25) is 0 Å². The van der Waals surface area contributed by atoms with Gasteiger partial charge in [-0.15, -0.1) is 0 Å². The maximum absolute atomic E-state index is 13.5. The summed E-state index contributed by atoms with van der Waals surface area (Å²) in [5.41, 5.74) is 1.60. The molecule has 0 unspecified atom stereocenters. The Morgan fingerprint density at radius 1 is 1.03 bits per heavy atom. The molecule has 32 heavy (non-hydrogen) atoms. The largest absolute Gasteiger partial charge is 0.348 e. The SMILES string of the molecule is CN1C(=O)/C(=C/c2ccc(F)c(F)c2)C(=O)c2cc(C(=O)NCc3ccncc3)ccc21. The summed E-state index contributed by atoms with van der Waals surface area (Å²) >= 11 is 0. The van der Waals surface area contributed by atoms with Crippen LogP contribution >= 0.6 is 0 Å². The van der Waals surface area contributed by atoms with Crippen LogP contribution in [-0.4, -0.2) is 29.6 Å². The lowest BCUT2D eigenvalue weighted by Crippen LogP contribution is -2.37. The molecule has 2 amide bonds. The Balaban J connectivity index is 1.64. The number of halogens is 2. The standard InChI is InChI=1S/C24H17F2N3O3/c1-29-21-5-3-16(23(31)28-13-14-6-8-27-9-7-14)12-17(21)22(30)18(24(29)32)10-15-2-4-19(25)20(26)11-15/h2-12H,13H2,1H3,(H,28,31)/b18-10+. The van der Waals surface area contributed by atoms with Crippen molar-refractivity contribution in [1.29, 1.82) is 0 Å². The molecule has 0 spiro atoms. The number of pyridine rings is 1. The van der Waals surface area contributed by atoms with Gasteiger partial charge in [-0.05, 0) is 59.7 Å². The molecule has 0 atom stereocenters. The van der Waals surface area contributed by atoms with E-state index in [9.17, 15) is 23.2 Å². The summed E-state index contributed by atoms with van der Waals surface area (Å²) in [5, 5.41) is 2.77. The van der Waals surface area contributed by atoms with Crippen LogP contribution < -0.4 is 10.2 Å². The predicted octanol–water partition coefficient (Wildman–Crippen LogP) is 3.53. The molecule has 1 aliphatic heterocycles. The number of hydrogen-bond donors (Lipinski definition) is 1. The minimum atomic E-state index is -1.09. The number of hydrogen-bond acceptors (Lipinski definition) is 4. The average Bonchev–Trinajstić information content (AvgIpc) is 2.81. The van der Waals surface area contributed by atoms with Crippen molar-refractivity contribution < 1.29 is 23.2 Å². The number of benzene rings is 2. The van der Waals surface area contributed by atoms with Gasteiger partial charge in [0.2, 0.25) is 5.78 Å². The van der Waals surface area contributed by atoms with Gasteiger partial charge in [0, 0.05) is 37.1 Å². The minimum absolute atomic E-state index is 0.164. The first-order valence-corrected chi connectivity index (χ1v) is 9.66. The van der Waals surface area contributed by atoms with Crippen molar-refractivity contribution in [3.05, 3.63) is 100 Å². The van der Waals surface area contributed by atoms with E-state index in [1.165, 1.54) is 42.3 Å². The van der Waals surface area contributed by atoms with Crippen LogP contribution in [0.25, 0.3) is 6.08 Å². The highest BCUT2D eigenvalue weighted by Crippen LogP contribution is 2.31. The Hall–Kier alpha value is -4.20. The van der Waals surface area contributed by atoms with Crippen LogP contribution in [0.15, 0.2) is 66.5 Å². The summed E-state index contributed by atoms with van der Waals surface area (Å²) in [5.74, 6) is -3.68. The second-order valence-electron chi connectivity index (χ2n) is 7.19. The van der Waals surface area contributed by atoms with Crippen molar-refractivity contribution in [1.82, 2.24) is 10.3 Å². The third-order valence-electron chi connectivity index (χ3n) is 5.10. The molecule has 0 saturated heterocycles. The molecule has 1 aliphatic rings. The number of likely N-dealkylation sites (N-methyl/N-ethyl adjacent to an activating group) is 1. The van der Waals surface area contributed by atoms with E-state index in [0.29, 0.717) is 5.69 Å². The van der Waals surface area contributed by atoms with Crippen LogP contribution in [0.4, 0.5) is 14.5 Å². The number of fused-ring (bicyclic) bond motifs is 1. The van der Waals surface area contributed by atoms with Crippen molar-refractivity contribution in [2.45, 2.75) is 6.54 Å². The molecule has 3 aromatic rings. The molecular formula is C24H17F2N3O3. The number of Topliss-reactive ketones (excluding diaryl/α,β-unsaturated/α-hetero) is 1. The Morgan fingerprint density at radius 3 is 2.50 bits per heavy atom. The van der Waals surface area contributed by atoms with Gasteiger partial charge >= 0.3 is 0 Å². The van der Waals surface area contributed by atoms with Gasteiger partial charge in [-0.2, -0.15) is 0 Å². The molecule has 1 N–H and O–H groups in total. The number of nitrogens with zero attached hydrogens (tertiary/aromatic N) is 2. The molecule has 160 valence electrons. The van der Waals surface area contributed by atoms with Gasteiger partial charge in [0.1, 0.15) is 0 Å². The summed E-state index contributed by atoms with van der Waals surface area (Å²) in [4.78, 5) is 43.6. The molecule has 2 aromatic carbocycles. The Labute approximate surface area is 182 Å². The highest BCUT2D eigenvalue weighted by Gasteiger charge is 2.33. The lowest BCUT2D eigenvalue weighted by atomic mass is 9.92. The fraction of sp³-hybridized carbons (Fsp3) is 0.0833. The van der Waals surface area contributed by atoms with E-state index in [2.05, 4.69) is 10.3 Å². The van der Waals surface area contributed by atoms with Gasteiger partial charge in [0.05, 0.1) is 11.3 Å². The van der Waals surface area contributed by atoms with Gasteiger partial charge in [0.25, 0.3) is 11.8 Å². The minimum Gasteiger partial charge on any atom is -0.348 e. The Bertz CT molecular complexity index is 1270. The van der Waals surface area contributed by atoms with Crippen molar-refractivity contribution in [2.24, 2.45) is 0 Å². The van der Waals surface area contributed by atoms with E-state index in [0.717, 1.165) is 17.7 Å². The van der Waals surface area contributed by atoms with Gasteiger partial charge < -0.3 is 10.2 Å². The molecule has 1 aromatic heterocycles. The number of carbonyl (C=O) groups excluding carboxylic acids is 3. The fourth-order valence-corrected chi connectivity index (χ4v) is 3.37. The number of anilines is 1. The molecule has 0 radical (unpaired) electrons.